The number of aliphatic hydroxyl groups excluding tert-OH is 3. The molecule has 13 heteroatoms. The molecule has 0 aromatic heterocycles. The van der Waals surface area contributed by atoms with Crippen LogP contribution in [0.25, 0.3) is 0 Å². The van der Waals surface area contributed by atoms with E-state index in [1.807, 2.05) is 0 Å². The molecule has 12 nitrogen and oxygen atoms in total. The molecule has 0 aliphatic carbocycles. The SMILES string of the molecule is CC/C=C\C/C=C\C/C=C\C/C=C\C/C=C\C/C=C\CCCCCCCCC(=O)OC(COCCCCCCCCCCCCCCCCCC)COC1OC(CO)C(O)C(OS(=O)(=O)O)C1O. The van der Waals surface area contributed by atoms with Gasteiger partial charge in [-0.1, -0.05) is 209 Å². The Morgan fingerprint density at radius 1 is 0.574 bits per heavy atom. The van der Waals surface area contributed by atoms with Crippen LogP contribution >= 0.6 is 0 Å². The highest BCUT2D eigenvalue weighted by molar-refractivity contribution is 7.80. The van der Waals surface area contributed by atoms with Crippen LogP contribution in [-0.4, -0.2) is 97.5 Å². The molecule has 1 aliphatic heterocycles. The quantitative estimate of drug-likeness (QED) is 0.0197. The van der Waals surface area contributed by atoms with Gasteiger partial charge in [0.1, 0.15) is 30.5 Å². The lowest BCUT2D eigenvalue weighted by Crippen LogP contribution is -2.60. The summed E-state index contributed by atoms with van der Waals surface area (Å²) in [4.78, 5) is 12.9. The molecule has 6 atom stereocenters. The number of allylic oxidation sites excluding steroid dienone is 12. The van der Waals surface area contributed by atoms with Gasteiger partial charge in [-0.25, -0.2) is 4.18 Å². The summed E-state index contributed by atoms with van der Waals surface area (Å²) in [5, 5.41) is 30.8. The van der Waals surface area contributed by atoms with E-state index in [-0.39, 0.29) is 19.6 Å². The summed E-state index contributed by atoms with van der Waals surface area (Å²) in [7, 11) is -5.07. The van der Waals surface area contributed by atoms with Crippen LogP contribution in [0.5, 0.6) is 0 Å². The predicted molar refractivity (Wildman–Crippen MR) is 276 cm³/mol. The highest BCUT2D eigenvalue weighted by atomic mass is 32.3. The highest BCUT2D eigenvalue weighted by Gasteiger charge is 2.48. The topological polar surface area (TPSA) is 178 Å². The molecule has 6 unspecified atom stereocenters. The number of ether oxygens (including phenoxy) is 4. The van der Waals surface area contributed by atoms with E-state index < -0.39 is 59.8 Å². The first-order chi connectivity index (χ1) is 33.1. The average molecular weight is 981 g/mol. The molecule has 0 saturated carbocycles. The Morgan fingerprint density at radius 3 is 1.49 bits per heavy atom. The summed E-state index contributed by atoms with van der Waals surface area (Å²) < 4.78 is 59.3. The van der Waals surface area contributed by atoms with Crippen molar-refractivity contribution in [1.82, 2.24) is 0 Å². The Labute approximate surface area is 413 Å². The molecule has 1 fully saturated rings. The van der Waals surface area contributed by atoms with E-state index >= 15 is 0 Å². The Morgan fingerprint density at radius 2 is 1.01 bits per heavy atom. The van der Waals surface area contributed by atoms with E-state index in [0.717, 1.165) is 96.3 Å². The molecule has 1 saturated heterocycles. The molecule has 4 N–H and O–H groups in total. The Balaban J connectivity index is 2.35. The third-order valence-corrected chi connectivity index (χ3v) is 12.3. The van der Waals surface area contributed by atoms with Crippen molar-refractivity contribution in [2.75, 3.05) is 26.4 Å². The van der Waals surface area contributed by atoms with E-state index in [2.05, 4.69) is 90.9 Å². The van der Waals surface area contributed by atoms with Crippen molar-refractivity contribution in [3.8, 4) is 0 Å². The van der Waals surface area contributed by atoms with Crippen molar-refractivity contribution in [1.29, 1.82) is 0 Å². The number of esters is 1. The average Bonchev–Trinajstić information content (AvgIpc) is 3.31. The maximum Gasteiger partial charge on any atom is 0.397 e. The first-order valence-corrected chi connectivity index (χ1v) is 28.1. The molecular weight excluding hydrogens is 885 g/mol. The maximum atomic E-state index is 12.9. The second kappa shape index (κ2) is 45.7. The number of unbranched alkanes of at least 4 members (excludes halogenated alkanes) is 21. The zero-order valence-corrected chi connectivity index (χ0v) is 43.2. The summed E-state index contributed by atoms with van der Waals surface area (Å²) in [5.41, 5.74) is 0. The lowest BCUT2D eigenvalue weighted by atomic mass is 9.99. The summed E-state index contributed by atoms with van der Waals surface area (Å²) in [6.45, 7) is 3.88. The van der Waals surface area contributed by atoms with Gasteiger partial charge in [0, 0.05) is 13.0 Å². The van der Waals surface area contributed by atoms with Crippen LogP contribution in [-0.2, 0) is 38.3 Å². The lowest BCUT2D eigenvalue weighted by molar-refractivity contribution is -0.301. The fraction of sp³-hybridized carbons (Fsp3) is 0.764. The highest BCUT2D eigenvalue weighted by Crippen LogP contribution is 2.26. The van der Waals surface area contributed by atoms with E-state index in [0.29, 0.717) is 13.0 Å². The van der Waals surface area contributed by atoms with Gasteiger partial charge in [0.25, 0.3) is 0 Å². The van der Waals surface area contributed by atoms with Crippen molar-refractivity contribution in [3.05, 3.63) is 72.9 Å². The van der Waals surface area contributed by atoms with Crippen molar-refractivity contribution >= 4 is 16.4 Å². The monoisotopic (exact) mass is 981 g/mol. The van der Waals surface area contributed by atoms with E-state index in [4.69, 9.17) is 18.9 Å². The Bertz CT molecular complexity index is 1460. The van der Waals surface area contributed by atoms with Crippen LogP contribution in [0.3, 0.4) is 0 Å². The molecule has 0 spiro atoms. The summed E-state index contributed by atoms with van der Waals surface area (Å²) in [6.07, 6.45) is 50.7. The summed E-state index contributed by atoms with van der Waals surface area (Å²) >= 11 is 0. The molecule has 68 heavy (non-hydrogen) atoms. The first-order valence-electron chi connectivity index (χ1n) is 26.7. The number of rotatable bonds is 46. The number of carbonyl (C=O) groups excluding carboxylic acids is 1. The van der Waals surface area contributed by atoms with Crippen LogP contribution in [0.2, 0.25) is 0 Å². The molecule has 1 rings (SSSR count). The molecule has 0 bridgehead atoms. The zero-order chi connectivity index (χ0) is 49.6. The van der Waals surface area contributed by atoms with Crippen molar-refractivity contribution in [3.63, 3.8) is 0 Å². The smallest absolute Gasteiger partial charge is 0.397 e. The molecule has 0 aromatic carbocycles. The number of aliphatic hydroxyl groups is 3. The number of carbonyl (C=O) groups is 1. The number of hydrogen-bond donors (Lipinski definition) is 4. The fourth-order valence-corrected chi connectivity index (χ4v) is 8.36. The van der Waals surface area contributed by atoms with Gasteiger partial charge < -0.3 is 34.3 Å². The van der Waals surface area contributed by atoms with Crippen LogP contribution in [0, 0.1) is 0 Å². The Kier molecular flexibility index (Phi) is 42.7. The standard InChI is InChI=1S/C55H96O12S/c1-3-5-7-9-11-13-15-17-19-21-22-23-24-25-26-27-28-29-30-32-34-36-38-40-42-44-51(57)65-49(48-64-55-53(59)54(67-68(60,61)62)52(58)50(46-56)66-55)47-63-45-43-41-39-37-35-33-31-20-18-16-14-12-10-8-6-4-2/h5,7,11,13,17,19,22-23,25-26,28-29,49-50,52-56,58-59H,3-4,6,8-10,12,14-16,18,20-21,24,27,30-48H2,1-2H3,(H,60,61,62)/b7-5-,13-11-,19-17-,23-22-,26-25-,29-28-. The van der Waals surface area contributed by atoms with E-state index in [1.165, 1.54) is 83.5 Å². The van der Waals surface area contributed by atoms with Gasteiger partial charge in [0.05, 0.1) is 19.8 Å². The summed E-state index contributed by atoms with van der Waals surface area (Å²) in [5.74, 6) is -0.413. The van der Waals surface area contributed by atoms with Gasteiger partial charge in [0.2, 0.25) is 0 Å². The van der Waals surface area contributed by atoms with Crippen molar-refractivity contribution in [2.45, 2.75) is 243 Å². The minimum absolute atomic E-state index is 0.0288. The van der Waals surface area contributed by atoms with Gasteiger partial charge in [-0.15, -0.1) is 0 Å². The maximum absolute atomic E-state index is 12.9. The lowest BCUT2D eigenvalue weighted by Gasteiger charge is -2.41. The van der Waals surface area contributed by atoms with Crippen LogP contribution < -0.4 is 0 Å². The van der Waals surface area contributed by atoms with Gasteiger partial charge in [0.15, 0.2) is 6.29 Å². The molecule has 0 radical (unpaired) electrons. The van der Waals surface area contributed by atoms with E-state index in [1.54, 1.807) is 0 Å². The largest absolute Gasteiger partial charge is 0.457 e. The second-order valence-corrected chi connectivity index (χ2v) is 19.1. The van der Waals surface area contributed by atoms with Gasteiger partial charge >= 0.3 is 16.4 Å². The van der Waals surface area contributed by atoms with Crippen LogP contribution in [0.4, 0.5) is 0 Å². The molecule has 394 valence electrons. The fourth-order valence-electron chi connectivity index (χ4n) is 7.85. The third kappa shape index (κ3) is 38.3. The normalized spacial score (nSPS) is 19.9. The van der Waals surface area contributed by atoms with Crippen molar-refractivity contribution in [2.24, 2.45) is 0 Å². The second-order valence-electron chi connectivity index (χ2n) is 18.1. The first kappa shape index (κ1) is 63.6. The molecule has 1 heterocycles. The molecule has 1 aliphatic rings. The van der Waals surface area contributed by atoms with Gasteiger partial charge in [-0.05, 0) is 64.2 Å². The predicted octanol–water partition coefficient (Wildman–Crippen LogP) is 12.6. The molecule has 0 amide bonds. The van der Waals surface area contributed by atoms with Crippen LogP contribution in [0.15, 0.2) is 72.9 Å². The minimum Gasteiger partial charge on any atom is -0.457 e. The zero-order valence-electron chi connectivity index (χ0n) is 42.4. The Hall–Kier alpha value is -2.46. The molecule has 0 aromatic rings. The number of hydrogen-bond acceptors (Lipinski definition) is 11. The molecular formula is C55H96O12S. The van der Waals surface area contributed by atoms with Crippen LogP contribution in [0.1, 0.15) is 206 Å². The minimum atomic E-state index is -5.07. The van der Waals surface area contributed by atoms with E-state index in [9.17, 15) is 33.1 Å². The summed E-state index contributed by atoms with van der Waals surface area (Å²) in [6, 6.07) is 0. The third-order valence-electron chi connectivity index (χ3n) is 11.8. The van der Waals surface area contributed by atoms with Gasteiger partial charge in [-0.2, -0.15) is 8.42 Å². The van der Waals surface area contributed by atoms with Gasteiger partial charge in [-0.3, -0.25) is 9.35 Å². The van der Waals surface area contributed by atoms with Crippen molar-refractivity contribution < 1.29 is 56.2 Å².